The summed E-state index contributed by atoms with van der Waals surface area (Å²) in [7, 11) is 3.96. The van der Waals surface area contributed by atoms with Crippen molar-refractivity contribution in [2.24, 2.45) is 0 Å². The van der Waals surface area contributed by atoms with Gasteiger partial charge in [-0.1, -0.05) is 35.5 Å². The zero-order valence-electron chi connectivity index (χ0n) is 14.8. The van der Waals surface area contributed by atoms with E-state index in [1.54, 1.807) is 0 Å². The summed E-state index contributed by atoms with van der Waals surface area (Å²) in [5.74, 6) is 0.605. The number of benzene rings is 1. The van der Waals surface area contributed by atoms with Gasteiger partial charge in [0, 0.05) is 37.7 Å². The second kappa shape index (κ2) is 7.80. The van der Waals surface area contributed by atoms with Crippen molar-refractivity contribution in [1.29, 1.82) is 0 Å². The van der Waals surface area contributed by atoms with Gasteiger partial charge in [0.05, 0.1) is 0 Å². The number of amides is 1. The smallest absolute Gasteiger partial charge is 0.252 e. The lowest BCUT2D eigenvalue weighted by molar-refractivity contribution is -0.141. The molecule has 1 aromatic carbocycles. The van der Waals surface area contributed by atoms with E-state index in [9.17, 15) is 4.79 Å². The second-order valence-electron chi connectivity index (χ2n) is 6.73. The zero-order chi connectivity index (χ0) is 17.7. The molecule has 1 aromatic heterocycles. The van der Waals surface area contributed by atoms with Crippen molar-refractivity contribution in [3.8, 4) is 11.3 Å². The normalized spacial score (nSPS) is 20.1. The molecule has 6 heteroatoms. The van der Waals surface area contributed by atoms with Gasteiger partial charge < -0.3 is 19.5 Å². The van der Waals surface area contributed by atoms with E-state index in [1.165, 1.54) is 0 Å². The van der Waals surface area contributed by atoms with Crippen LogP contribution in [-0.2, 0) is 16.0 Å². The molecule has 3 rings (SSSR count). The van der Waals surface area contributed by atoms with Gasteiger partial charge in [0.15, 0.2) is 5.60 Å². The van der Waals surface area contributed by atoms with Crippen LogP contribution < -0.4 is 5.32 Å². The quantitative estimate of drug-likeness (QED) is 0.834. The van der Waals surface area contributed by atoms with Crippen molar-refractivity contribution >= 4 is 5.91 Å². The van der Waals surface area contributed by atoms with E-state index in [2.05, 4.69) is 10.5 Å². The Morgan fingerprint density at radius 1 is 1.32 bits per heavy atom. The average molecular weight is 343 g/mol. The maximum absolute atomic E-state index is 12.7. The zero-order valence-corrected chi connectivity index (χ0v) is 14.8. The lowest BCUT2D eigenvalue weighted by atomic mass is 9.93. The van der Waals surface area contributed by atoms with E-state index in [1.807, 2.05) is 55.4 Å². The topological polar surface area (TPSA) is 67.6 Å². The Morgan fingerprint density at radius 2 is 2.12 bits per heavy atom. The highest BCUT2D eigenvalue weighted by Gasteiger charge is 2.43. The summed E-state index contributed by atoms with van der Waals surface area (Å²) in [6, 6.07) is 11.7. The molecule has 1 fully saturated rings. The first-order valence-corrected chi connectivity index (χ1v) is 8.67. The van der Waals surface area contributed by atoms with Crippen molar-refractivity contribution in [2.75, 3.05) is 33.8 Å². The number of aromatic nitrogens is 1. The highest BCUT2D eigenvalue weighted by atomic mass is 16.5. The van der Waals surface area contributed by atoms with E-state index in [-0.39, 0.29) is 5.91 Å². The Bertz CT molecular complexity index is 691. The van der Waals surface area contributed by atoms with E-state index in [0.29, 0.717) is 31.8 Å². The molecule has 0 radical (unpaired) electrons. The monoisotopic (exact) mass is 343 g/mol. The summed E-state index contributed by atoms with van der Waals surface area (Å²) < 4.78 is 11.3. The number of nitrogens with zero attached hydrogens (tertiary/aromatic N) is 2. The van der Waals surface area contributed by atoms with E-state index >= 15 is 0 Å². The van der Waals surface area contributed by atoms with Gasteiger partial charge in [0.25, 0.3) is 5.91 Å². The third-order valence-corrected chi connectivity index (χ3v) is 4.45. The Morgan fingerprint density at radius 3 is 2.80 bits per heavy atom. The summed E-state index contributed by atoms with van der Waals surface area (Å²) in [4.78, 5) is 14.7. The molecule has 134 valence electrons. The van der Waals surface area contributed by atoms with Gasteiger partial charge in [-0.3, -0.25) is 4.79 Å². The number of hydrogen-bond acceptors (Lipinski definition) is 5. The van der Waals surface area contributed by atoms with Crippen LogP contribution in [0.3, 0.4) is 0 Å². The fourth-order valence-corrected chi connectivity index (χ4v) is 3.07. The molecule has 1 amide bonds. The number of hydrogen-bond donors (Lipinski definition) is 1. The van der Waals surface area contributed by atoms with Gasteiger partial charge in [0.2, 0.25) is 0 Å². The van der Waals surface area contributed by atoms with Gasteiger partial charge in [0.1, 0.15) is 11.5 Å². The molecule has 2 heterocycles. The van der Waals surface area contributed by atoms with E-state index in [4.69, 9.17) is 9.26 Å². The fourth-order valence-electron chi connectivity index (χ4n) is 3.07. The average Bonchev–Trinajstić information content (AvgIpc) is 3.26. The fraction of sp³-hybridized carbons (Fsp3) is 0.474. The Balaban J connectivity index is 1.70. The van der Waals surface area contributed by atoms with Crippen LogP contribution in [0.2, 0.25) is 0 Å². The maximum atomic E-state index is 12.7. The summed E-state index contributed by atoms with van der Waals surface area (Å²) in [6.45, 7) is 1.99. The lowest BCUT2D eigenvalue weighted by Crippen LogP contribution is -2.49. The summed E-state index contributed by atoms with van der Waals surface area (Å²) in [6.07, 6.45) is 1.98. The molecular weight excluding hydrogens is 318 g/mol. The van der Waals surface area contributed by atoms with E-state index in [0.717, 1.165) is 24.2 Å². The van der Waals surface area contributed by atoms with Crippen LogP contribution in [-0.4, -0.2) is 55.4 Å². The minimum Gasteiger partial charge on any atom is -0.365 e. The molecule has 0 aliphatic carbocycles. The molecule has 1 N–H and O–H groups in total. The Labute approximate surface area is 148 Å². The molecule has 1 saturated heterocycles. The highest BCUT2D eigenvalue weighted by molar-refractivity contribution is 5.85. The Hall–Kier alpha value is -2.18. The molecule has 1 atom stereocenters. The third-order valence-electron chi connectivity index (χ3n) is 4.45. The number of nitrogens with one attached hydrogen (secondary N) is 1. The first kappa shape index (κ1) is 17.6. The van der Waals surface area contributed by atoms with Crippen molar-refractivity contribution < 1.29 is 14.1 Å². The first-order valence-electron chi connectivity index (χ1n) is 8.67. The molecular formula is C19H25N3O3. The molecule has 0 bridgehead atoms. The summed E-state index contributed by atoms with van der Waals surface area (Å²) >= 11 is 0. The first-order chi connectivity index (χ1) is 12.1. The molecule has 6 nitrogen and oxygen atoms in total. The molecule has 1 aliphatic heterocycles. The minimum absolute atomic E-state index is 0.0653. The lowest BCUT2D eigenvalue weighted by Gasteiger charge is -2.26. The largest absolute Gasteiger partial charge is 0.365 e. The van der Waals surface area contributed by atoms with Crippen molar-refractivity contribution in [2.45, 2.75) is 24.9 Å². The second-order valence-corrected chi connectivity index (χ2v) is 6.73. The van der Waals surface area contributed by atoms with Crippen LogP contribution in [0.15, 0.2) is 40.9 Å². The van der Waals surface area contributed by atoms with Gasteiger partial charge in [-0.2, -0.15) is 0 Å². The Kier molecular flexibility index (Phi) is 5.50. The summed E-state index contributed by atoms with van der Waals surface area (Å²) in [5.41, 5.74) is 0.922. The number of carbonyl (C=O) groups is 1. The maximum Gasteiger partial charge on any atom is 0.252 e. The molecule has 0 saturated carbocycles. The number of likely N-dealkylation sites (N-methyl/N-ethyl adjacent to an activating group) is 1. The van der Waals surface area contributed by atoms with Crippen LogP contribution in [0.1, 0.15) is 18.6 Å². The molecule has 1 aliphatic rings. The van der Waals surface area contributed by atoms with Crippen LogP contribution in [0.5, 0.6) is 0 Å². The molecule has 25 heavy (non-hydrogen) atoms. The van der Waals surface area contributed by atoms with Crippen LogP contribution >= 0.6 is 0 Å². The van der Waals surface area contributed by atoms with Gasteiger partial charge in [-0.05, 0) is 26.9 Å². The van der Waals surface area contributed by atoms with Crippen LogP contribution in [0.4, 0.5) is 0 Å². The molecule has 0 spiro atoms. The number of ether oxygens (including phenoxy) is 1. The highest BCUT2D eigenvalue weighted by Crippen LogP contribution is 2.31. The van der Waals surface area contributed by atoms with Crippen LogP contribution in [0, 0.1) is 0 Å². The molecule has 2 aromatic rings. The van der Waals surface area contributed by atoms with Crippen molar-refractivity contribution in [3.63, 3.8) is 0 Å². The predicted octanol–water partition coefficient (Wildman–Crippen LogP) is 2.11. The van der Waals surface area contributed by atoms with E-state index < -0.39 is 5.60 Å². The van der Waals surface area contributed by atoms with Gasteiger partial charge in [-0.15, -0.1) is 0 Å². The van der Waals surface area contributed by atoms with Crippen molar-refractivity contribution in [3.05, 3.63) is 42.2 Å². The third kappa shape index (κ3) is 4.27. The van der Waals surface area contributed by atoms with Crippen LogP contribution in [0.25, 0.3) is 11.3 Å². The molecule has 0 unspecified atom stereocenters. The minimum atomic E-state index is -0.847. The van der Waals surface area contributed by atoms with Crippen molar-refractivity contribution in [1.82, 2.24) is 15.4 Å². The SMILES string of the molecule is CN(C)CCNC(=O)[C@@]1(Cc2cc(-c3ccccc3)no2)CCCO1. The van der Waals surface area contributed by atoms with Gasteiger partial charge in [-0.25, -0.2) is 0 Å². The summed E-state index contributed by atoms with van der Waals surface area (Å²) in [5, 5.41) is 7.12. The standard InChI is InChI=1S/C19H25N3O3/c1-22(2)11-10-20-18(23)19(9-6-12-24-19)14-16-13-17(21-25-16)15-7-4-3-5-8-15/h3-5,7-8,13H,6,9-12,14H2,1-2H3,(H,20,23)/t19-/m0/s1. The van der Waals surface area contributed by atoms with Gasteiger partial charge >= 0.3 is 0 Å². The predicted molar refractivity (Wildman–Crippen MR) is 95.1 cm³/mol. The number of carbonyl (C=O) groups excluding carboxylic acids is 1. The number of rotatable bonds is 7.